The topological polar surface area (TPSA) is 46.2 Å². The summed E-state index contributed by atoms with van der Waals surface area (Å²) in [6.07, 6.45) is 1.01. The van der Waals surface area contributed by atoms with Crippen LogP contribution < -0.4 is 5.73 Å². The van der Waals surface area contributed by atoms with Crippen LogP contribution in [-0.4, -0.2) is 11.2 Å². The Morgan fingerprint density at radius 2 is 1.80 bits per heavy atom. The molecule has 84 valence electrons. The van der Waals surface area contributed by atoms with Gasteiger partial charge in [-0.2, -0.15) is 0 Å². The fourth-order valence-electron chi connectivity index (χ4n) is 1.47. The van der Waals surface area contributed by atoms with Gasteiger partial charge in [-0.05, 0) is 30.2 Å². The molecule has 0 radical (unpaired) electrons. The Hall–Kier alpha value is -0.280. The van der Waals surface area contributed by atoms with E-state index in [1.54, 1.807) is 18.2 Å². The van der Waals surface area contributed by atoms with Gasteiger partial charge in [-0.25, -0.2) is 0 Å². The Kier molecular flexibility index (Phi) is 4.87. The predicted molar refractivity (Wildman–Crippen MR) is 64.3 cm³/mol. The highest BCUT2D eigenvalue weighted by atomic mass is 35.5. The molecule has 0 spiro atoms. The standard InChI is InChI=1S/C11H15Cl2NO/c1-2-3-10(15)11(14)7-4-8(12)6-9(13)5-7/h4-6,10-11,15H,2-3,14H2,1H3/t10-,11+/m1/s1. The van der Waals surface area contributed by atoms with E-state index in [4.69, 9.17) is 28.9 Å². The zero-order valence-electron chi connectivity index (χ0n) is 8.58. The Bertz CT molecular complexity index is 310. The first-order valence-corrected chi connectivity index (χ1v) is 5.69. The molecule has 1 aromatic carbocycles. The minimum Gasteiger partial charge on any atom is -0.391 e. The molecule has 0 bridgehead atoms. The number of nitrogens with two attached hydrogens (primary N) is 1. The van der Waals surface area contributed by atoms with Crippen molar-refractivity contribution in [2.45, 2.75) is 31.9 Å². The van der Waals surface area contributed by atoms with Crippen molar-refractivity contribution in [3.8, 4) is 0 Å². The molecular formula is C11H15Cl2NO. The second-order valence-electron chi connectivity index (χ2n) is 3.58. The lowest BCUT2D eigenvalue weighted by Crippen LogP contribution is -2.25. The monoisotopic (exact) mass is 247 g/mol. The summed E-state index contributed by atoms with van der Waals surface area (Å²) in [5, 5.41) is 10.8. The highest BCUT2D eigenvalue weighted by Crippen LogP contribution is 2.25. The number of hydrogen-bond donors (Lipinski definition) is 2. The van der Waals surface area contributed by atoms with Crippen molar-refractivity contribution >= 4 is 23.2 Å². The molecule has 0 aliphatic rings. The predicted octanol–water partition coefficient (Wildman–Crippen LogP) is 3.15. The van der Waals surface area contributed by atoms with Gasteiger partial charge >= 0.3 is 0 Å². The molecular weight excluding hydrogens is 233 g/mol. The van der Waals surface area contributed by atoms with Crippen LogP contribution in [0.4, 0.5) is 0 Å². The smallest absolute Gasteiger partial charge is 0.0732 e. The van der Waals surface area contributed by atoms with Crippen LogP contribution in [0.15, 0.2) is 18.2 Å². The first kappa shape index (κ1) is 12.8. The molecule has 0 unspecified atom stereocenters. The third-order valence-corrected chi connectivity index (χ3v) is 2.71. The highest BCUT2D eigenvalue weighted by molar-refractivity contribution is 6.34. The maximum Gasteiger partial charge on any atom is 0.0732 e. The number of hydrogen-bond acceptors (Lipinski definition) is 2. The van der Waals surface area contributed by atoms with Crippen LogP contribution in [0.1, 0.15) is 31.4 Å². The molecule has 0 saturated carbocycles. The van der Waals surface area contributed by atoms with Gasteiger partial charge in [0, 0.05) is 10.0 Å². The van der Waals surface area contributed by atoms with Gasteiger partial charge in [0.15, 0.2) is 0 Å². The van der Waals surface area contributed by atoms with E-state index in [1.165, 1.54) is 0 Å². The molecule has 0 aliphatic carbocycles. The van der Waals surface area contributed by atoms with E-state index in [2.05, 4.69) is 0 Å². The van der Waals surface area contributed by atoms with E-state index in [-0.39, 0.29) is 0 Å². The summed E-state index contributed by atoms with van der Waals surface area (Å²) in [6.45, 7) is 2.00. The van der Waals surface area contributed by atoms with Gasteiger partial charge in [0.1, 0.15) is 0 Å². The van der Waals surface area contributed by atoms with E-state index < -0.39 is 12.1 Å². The first-order valence-electron chi connectivity index (χ1n) is 4.94. The molecule has 0 saturated heterocycles. The Morgan fingerprint density at radius 3 is 2.27 bits per heavy atom. The summed E-state index contributed by atoms with van der Waals surface area (Å²) in [7, 11) is 0. The van der Waals surface area contributed by atoms with Crippen LogP contribution >= 0.6 is 23.2 Å². The molecule has 0 heterocycles. The minimum absolute atomic E-state index is 0.429. The fraction of sp³-hybridized carbons (Fsp3) is 0.455. The van der Waals surface area contributed by atoms with Crippen LogP contribution in [0.5, 0.6) is 0 Å². The van der Waals surface area contributed by atoms with Crippen LogP contribution in [0.2, 0.25) is 10.0 Å². The van der Waals surface area contributed by atoms with Crippen molar-refractivity contribution < 1.29 is 5.11 Å². The molecule has 1 rings (SSSR count). The SMILES string of the molecule is CCC[C@@H](O)[C@@H](N)c1cc(Cl)cc(Cl)c1. The van der Waals surface area contributed by atoms with E-state index in [0.29, 0.717) is 16.5 Å². The van der Waals surface area contributed by atoms with E-state index >= 15 is 0 Å². The largest absolute Gasteiger partial charge is 0.391 e. The number of halogens is 2. The van der Waals surface area contributed by atoms with E-state index in [1.807, 2.05) is 6.92 Å². The van der Waals surface area contributed by atoms with Crippen molar-refractivity contribution in [3.63, 3.8) is 0 Å². The van der Waals surface area contributed by atoms with Crippen LogP contribution in [0, 0.1) is 0 Å². The van der Waals surface area contributed by atoms with Gasteiger partial charge in [-0.1, -0.05) is 36.5 Å². The van der Waals surface area contributed by atoms with Crippen molar-refractivity contribution in [1.82, 2.24) is 0 Å². The molecule has 15 heavy (non-hydrogen) atoms. The molecule has 4 heteroatoms. The van der Waals surface area contributed by atoms with Crippen molar-refractivity contribution in [1.29, 1.82) is 0 Å². The second kappa shape index (κ2) is 5.71. The van der Waals surface area contributed by atoms with Crippen molar-refractivity contribution in [2.75, 3.05) is 0 Å². The lowest BCUT2D eigenvalue weighted by molar-refractivity contribution is 0.134. The molecule has 1 aromatic rings. The summed E-state index contributed by atoms with van der Waals surface area (Å²) in [5.41, 5.74) is 6.67. The highest BCUT2D eigenvalue weighted by Gasteiger charge is 2.16. The van der Waals surface area contributed by atoms with E-state index in [0.717, 1.165) is 12.0 Å². The van der Waals surface area contributed by atoms with E-state index in [9.17, 15) is 5.11 Å². The molecule has 2 atom stereocenters. The minimum atomic E-state index is -0.551. The third kappa shape index (κ3) is 3.65. The van der Waals surface area contributed by atoms with Gasteiger partial charge < -0.3 is 10.8 Å². The maximum atomic E-state index is 9.74. The maximum absolute atomic E-state index is 9.74. The lowest BCUT2D eigenvalue weighted by Gasteiger charge is -2.19. The van der Waals surface area contributed by atoms with Gasteiger partial charge in [0.25, 0.3) is 0 Å². The second-order valence-corrected chi connectivity index (χ2v) is 4.46. The molecule has 0 aliphatic heterocycles. The van der Waals surface area contributed by atoms with Crippen LogP contribution in [0.25, 0.3) is 0 Å². The first-order chi connectivity index (χ1) is 7.04. The Balaban J connectivity index is 2.85. The fourth-order valence-corrected chi connectivity index (χ4v) is 2.01. The Morgan fingerprint density at radius 1 is 1.27 bits per heavy atom. The van der Waals surface area contributed by atoms with Gasteiger partial charge in [0.05, 0.1) is 12.1 Å². The average molecular weight is 248 g/mol. The molecule has 0 fully saturated rings. The average Bonchev–Trinajstić information content (AvgIpc) is 2.15. The summed E-state index contributed by atoms with van der Waals surface area (Å²) in [6, 6.07) is 4.68. The van der Waals surface area contributed by atoms with Gasteiger partial charge in [-0.15, -0.1) is 0 Å². The number of aliphatic hydroxyl groups excluding tert-OH is 1. The molecule has 2 nitrogen and oxygen atoms in total. The quantitative estimate of drug-likeness (QED) is 0.859. The third-order valence-electron chi connectivity index (χ3n) is 2.27. The number of rotatable bonds is 4. The summed E-state index contributed by atoms with van der Waals surface area (Å²) in [4.78, 5) is 0. The van der Waals surface area contributed by atoms with Gasteiger partial charge in [0.2, 0.25) is 0 Å². The van der Waals surface area contributed by atoms with Crippen molar-refractivity contribution in [2.24, 2.45) is 5.73 Å². The van der Waals surface area contributed by atoms with Crippen LogP contribution in [-0.2, 0) is 0 Å². The normalized spacial score (nSPS) is 15.0. The zero-order valence-corrected chi connectivity index (χ0v) is 10.1. The van der Waals surface area contributed by atoms with Gasteiger partial charge in [-0.3, -0.25) is 0 Å². The number of aliphatic hydroxyl groups is 1. The van der Waals surface area contributed by atoms with Crippen molar-refractivity contribution in [3.05, 3.63) is 33.8 Å². The number of benzene rings is 1. The summed E-state index contributed by atoms with van der Waals surface area (Å²) in [5.74, 6) is 0. The summed E-state index contributed by atoms with van der Waals surface area (Å²) >= 11 is 11.7. The zero-order chi connectivity index (χ0) is 11.4. The lowest BCUT2D eigenvalue weighted by atomic mass is 9.99. The Labute approximate surface area is 100.0 Å². The van der Waals surface area contributed by atoms with Crippen LogP contribution in [0.3, 0.4) is 0 Å². The summed E-state index contributed by atoms with van der Waals surface area (Å²) < 4.78 is 0. The molecule has 0 amide bonds. The molecule has 0 aromatic heterocycles. The molecule has 3 N–H and O–H groups in total.